The van der Waals surface area contributed by atoms with E-state index in [2.05, 4.69) is 173 Å². The lowest BCUT2D eigenvalue weighted by atomic mass is 9.98. The van der Waals surface area contributed by atoms with Gasteiger partial charge in [0.05, 0.1) is 11.0 Å². The fraction of sp³-hybridized carbons (Fsp3) is 0.0784. The van der Waals surface area contributed by atoms with Crippen LogP contribution in [0.15, 0.2) is 184 Å². The van der Waals surface area contributed by atoms with Crippen molar-refractivity contribution in [2.75, 3.05) is 0 Å². The van der Waals surface area contributed by atoms with Gasteiger partial charge in [-0.1, -0.05) is 122 Å². The van der Waals surface area contributed by atoms with E-state index >= 15 is 0 Å². The molecular weight excluding hydrogens is 701 g/mol. The fourth-order valence-corrected chi connectivity index (χ4v) is 8.75. The molecule has 6 nitrogen and oxygen atoms in total. The molecule has 9 aromatic rings. The number of rotatable bonds is 6. The van der Waals surface area contributed by atoms with Crippen LogP contribution in [0.3, 0.4) is 0 Å². The van der Waals surface area contributed by atoms with E-state index in [-0.39, 0.29) is 12.3 Å². The third-order valence-corrected chi connectivity index (χ3v) is 11.3. The van der Waals surface area contributed by atoms with Gasteiger partial charge in [0, 0.05) is 49.0 Å². The Morgan fingerprint density at radius 1 is 0.702 bits per heavy atom. The molecule has 0 fully saturated rings. The highest BCUT2D eigenvalue weighted by molar-refractivity contribution is 6.12. The van der Waals surface area contributed by atoms with Crippen molar-refractivity contribution in [3.05, 3.63) is 197 Å². The molecular formula is C51H38N4O2. The van der Waals surface area contributed by atoms with Gasteiger partial charge in [-0.05, 0) is 78.6 Å². The SMILES string of the molecule is C=C/C=c1/oc2ccc(-n3c4ccccc4c4ccccc43)cc2/c1=C/c1cccc2oc3cccc(C4N=C(c5ccccc5)NC(C5=CCCC=C5)N4)c3c12. The number of aromatic nitrogens is 1. The Labute approximate surface area is 328 Å². The Bertz CT molecular complexity index is 3230. The van der Waals surface area contributed by atoms with Crippen LogP contribution in [-0.2, 0) is 0 Å². The lowest BCUT2D eigenvalue weighted by Gasteiger charge is -2.33. The van der Waals surface area contributed by atoms with Crippen LogP contribution in [0.1, 0.15) is 35.7 Å². The van der Waals surface area contributed by atoms with Gasteiger partial charge in [-0.3, -0.25) is 5.32 Å². The molecule has 0 saturated heterocycles. The lowest BCUT2D eigenvalue weighted by molar-refractivity contribution is 0.442. The van der Waals surface area contributed by atoms with Crippen molar-refractivity contribution in [1.29, 1.82) is 0 Å². The van der Waals surface area contributed by atoms with Crippen molar-refractivity contribution >= 4 is 72.7 Å². The van der Waals surface area contributed by atoms with Gasteiger partial charge in [-0.2, -0.15) is 0 Å². The first-order valence-electron chi connectivity index (χ1n) is 19.5. The smallest absolute Gasteiger partial charge is 0.136 e. The molecule has 1 aliphatic carbocycles. The Balaban J connectivity index is 1.12. The zero-order valence-electron chi connectivity index (χ0n) is 31.2. The number of amidine groups is 1. The van der Waals surface area contributed by atoms with E-state index in [1.54, 1.807) is 6.08 Å². The Morgan fingerprint density at radius 2 is 1.46 bits per heavy atom. The predicted molar refractivity (Wildman–Crippen MR) is 234 cm³/mol. The first-order valence-corrected chi connectivity index (χ1v) is 19.5. The normalized spacial score (nSPS) is 17.8. The van der Waals surface area contributed by atoms with E-state index in [9.17, 15) is 0 Å². The van der Waals surface area contributed by atoms with Gasteiger partial charge in [-0.25, -0.2) is 4.99 Å². The molecule has 1 aliphatic heterocycles. The Kier molecular flexibility index (Phi) is 7.90. The van der Waals surface area contributed by atoms with Crippen molar-refractivity contribution in [3.63, 3.8) is 0 Å². The molecule has 274 valence electrons. The summed E-state index contributed by atoms with van der Waals surface area (Å²) in [6.45, 7) is 4.03. The highest BCUT2D eigenvalue weighted by atomic mass is 16.3. The fourth-order valence-electron chi connectivity index (χ4n) is 8.75. The number of benzene rings is 6. The lowest BCUT2D eigenvalue weighted by Crippen LogP contribution is -2.52. The summed E-state index contributed by atoms with van der Waals surface area (Å²) < 4.78 is 15.5. The molecule has 4 heterocycles. The molecule has 6 heteroatoms. The molecule has 0 saturated carbocycles. The second-order valence-corrected chi connectivity index (χ2v) is 14.7. The first kappa shape index (κ1) is 33.2. The van der Waals surface area contributed by atoms with Crippen molar-refractivity contribution in [3.8, 4) is 5.69 Å². The molecule has 2 atom stereocenters. The molecule has 6 aromatic carbocycles. The molecule has 0 radical (unpaired) electrons. The van der Waals surface area contributed by atoms with Gasteiger partial charge in [0.2, 0.25) is 0 Å². The zero-order chi connectivity index (χ0) is 37.9. The predicted octanol–water partition coefficient (Wildman–Crippen LogP) is 10.5. The quantitative estimate of drug-likeness (QED) is 0.178. The van der Waals surface area contributed by atoms with Crippen LogP contribution in [0.2, 0.25) is 0 Å². The van der Waals surface area contributed by atoms with Crippen molar-refractivity contribution in [1.82, 2.24) is 15.2 Å². The summed E-state index contributed by atoms with van der Waals surface area (Å²) in [5.41, 5.74) is 10.9. The van der Waals surface area contributed by atoms with Crippen molar-refractivity contribution in [2.24, 2.45) is 4.99 Å². The Morgan fingerprint density at radius 3 is 2.23 bits per heavy atom. The number of hydrogen-bond donors (Lipinski definition) is 2. The molecule has 3 aromatic heterocycles. The standard InChI is InChI=1S/C51H38N4O2/c1-2-15-43-39(40-31-35(28-29-44(40)56-43)55-41-24-11-9-21-36(41)37-22-10-12-25-42(37)55)30-34-20-13-26-45-47(34)48-38(23-14-27-46(48)57-45)51-53-49(32-16-5-3-6-17-32)52-50(54-51)33-18-7-4-8-19-33/h2-3,5-7,9-31,50-51,54H,1,4,8H2,(H,52,53)/b39-30-,43-15+. The van der Waals surface area contributed by atoms with E-state index in [0.29, 0.717) is 0 Å². The number of hydrogen-bond acceptors (Lipinski definition) is 5. The van der Waals surface area contributed by atoms with Gasteiger partial charge in [0.1, 0.15) is 40.3 Å². The van der Waals surface area contributed by atoms with Crippen LogP contribution in [0.5, 0.6) is 0 Å². The molecule has 0 spiro atoms. The average molecular weight is 739 g/mol. The van der Waals surface area contributed by atoms with E-state index in [1.807, 2.05) is 12.1 Å². The number of fused-ring (bicyclic) bond motifs is 7. The highest BCUT2D eigenvalue weighted by Crippen LogP contribution is 2.38. The number of furan rings is 2. The molecule has 57 heavy (non-hydrogen) atoms. The van der Waals surface area contributed by atoms with Crippen molar-refractivity contribution in [2.45, 2.75) is 25.2 Å². The first-order chi connectivity index (χ1) is 28.2. The third kappa shape index (κ3) is 5.56. The van der Waals surface area contributed by atoms with Gasteiger partial charge in [-0.15, -0.1) is 0 Å². The molecule has 2 N–H and O–H groups in total. The molecule has 2 aliphatic rings. The summed E-state index contributed by atoms with van der Waals surface area (Å²) in [4.78, 5) is 5.32. The zero-order valence-corrected chi connectivity index (χ0v) is 31.2. The van der Waals surface area contributed by atoms with Gasteiger partial charge < -0.3 is 18.7 Å². The van der Waals surface area contributed by atoms with Crippen molar-refractivity contribution < 1.29 is 8.83 Å². The molecule has 2 unspecified atom stereocenters. The van der Waals surface area contributed by atoms with E-state index in [4.69, 9.17) is 13.8 Å². The van der Waals surface area contributed by atoms with Gasteiger partial charge in [0.25, 0.3) is 0 Å². The highest BCUT2D eigenvalue weighted by Gasteiger charge is 2.29. The summed E-state index contributed by atoms with van der Waals surface area (Å²) in [7, 11) is 0. The molecule has 11 rings (SSSR count). The summed E-state index contributed by atoms with van der Waals surface area (Å²) in [5, 5.41) is 14.1. The Hall–Kier alpha value is -7.15. The summed E-state index contributed by atoms with van der Waals surface area (Å²) >= 11 is 0. The summed E-state index contributed by atoms with van der Waals surface area (Å²) in [6.07, 6.45) is 14.4. The van der Waals surface area contributed by atoms with Crippen LogP contribution in [-0.4, -0.2) is 16.6 Å². The number of allylic oxidation sites excluding steroid dienone is 3. The van der Waals surface area contributed by atoms with Gasteiger partial charge in [0.15, 0.2) is 0 Å². The van der Waals surface area contributed by atoms with Crippen LogP contribution >= 0.6 is 0 Å². The molecule has 0 bridgehead atoms. The average Bonchev–Trinajstić information content (AvgIpc) is 3.94. The maximum absolute atomic E-state index is 6.63. The monoisotopic (exact) mass is 738 g/mol. The second kappa shape index (κ2) is 13.6. The largest absolute Gasteiger partial charge is 0.456 e. The number of aliphatic imine (C=N–C) groups is 1. The minimum atomic E-state index is -0.339. The third-order valence-electron chi connectivity index (χ3n) is 11.3. The van der Waals surface area contributed by atoms with Crippen LogP contribution in [0.25, 0.3) is 72.6 Å². The molecule has 0 amide bonds. The maximum Gasteiger partial charge on any atom is 0.136 e. The topological polar surface area (TPSA) is 67.6 Å². The number of para-hydroxylation sites is 2. The second-order valence-electron chi connectivity index (χ2n) is 14.7. The maximum atomic E-state index is 6.63. The minimum Gasteiger partial charge on any atom is -0.456 e. The number of nitrogens with zero attached hydrogens (tertiary/aromatic N) is 2. The van der Waals surface area contributed by atoms with Crippen LogP contribution < -0.4 is 21.3 Å². The van der Waals surface area contributed by atoms with E-state index < -0.39 is 0 Å². The van der Waals surface area contributed by atoms with E-state index in [0.717, 1.165) is 95.6 Å². The van der Waals surface area contributed by atoms with Gasteiger partial charge >= 0.3 is 0 Å². The minimum absolute atomic E-state index is 0.114. The van der Waals surface area contributed by atoms with Crippen LogP contribution in [0, 0.1) is 0 Å². The van der Waals surface area contributed by atoms with Crippen LogP contribution in [0.4, 0.5) is 0 Å². The summed E-state index contributed by atoms with van der Waals surface area (Å²) in [5.74, 6) is 0.856. The van der Waals surface area contributed by atoms with E-state index in [1.165, 1.54) is 16.3 Å². The number of nitrogens with one attached hydrogen (secondary N) is 2. The summed E-state index contributed by atoms with van der Waals surface area (Å²) in [6, 6.07) is 46.6.